The predicted molar refractivity (Wildman–Crippen MR) is 125 cm³/mol. The van der Waals surface area contributed by atoms with Gasteiger partial charge in [0, 0.05) is 24.0 Å². The molecule has 1 amide bonds. The average molecular weight is 452 g/mol. The number of anilines is 1. The summed E-state index contributed by atoms with van der Waals surface area (Å²) in [5.74, 6) is 0.513. The highest BCUT2D eigenvalue weighted by Gasteiger charge is 2.24. The van der Waals surface area contributed by atoms with Crippen LogP contribution in [0.25, 0.3) is 28.5 Å². The number of rotatable bonds is 4. The van der Waals surface area contributed by atoms with E-state index >= 15 is 0 Å². The lowest BCUT2D eigenvalue weighted by atomic mass is 10.0. The van der Waals surface area contributed by atoms with Crippen LogP contribution >= 0.6 is 0 Å². The number of carbonyl (C=O) groups excluding carboxylic acids is 1. The van der Waals surface area contributed by atoms with Crippen molar-refractivity contribution in [2.24, 2.45) is 0 Å². The van der Waals surface area contributed by atoms with Crippen LogP contribution in [0.3, 0.4) is 0 Å². The lowest BCUT2D eigenvalue weighted by Gasteiger charge is -2.29. The highest BCUT2D eigenvalue weighted by Crippen LogP contribution is 2.27. The van der Waals surface area contributed by atoms with Crippen molar-refractivity contribution in [1.29, 1.82) is 0 Å². The maximum atomic E-state index is 13.2. The van der Waals surface area contributed by atoms with Gasteiger partial charge in [-0.25, -0.2) is 13.9 Å². The average Bonchev–Trinajstić information content (AvgIpc) is 3.49. The Hall–Kier alpha value is -4.53. The lowest BCUT2D eigenvalue weighted by molar-refractivity contribution is -0.119. The van der Waals surface area contributed by atoms with Gasteiger partial charge in [-0.05, 0) is 36.6 Å². The SMILES string of the molecule is O=C(Cn1nc2c(-c3nc(-c4ccccc4)no3)cccn2c1=O)N1CCCc2ccccc21. The Labute approximate surface area is 193 Å². The van der Waals surface area contributed by atoms with Crippen molar-refractivity contribution in [2.75, 3.05) is 11.4 Å². The molecule has 6 rings (SSSR count). The predicted octanol–water partition coefficient (Wildman–Crippen LogP) is 3.19. The quantitative estimate of drug-likeness (QED) is 0.415. The van der Waals surface area contributed by atoms with E-state index in [2.05, 4.69) is 15.2 Å². The van der Waals surface area contributed by atoms with Crippen LogP contribution in [0.5, 0.6) is 0 Å². The van der Waals surface area contributed by atoms with Crippen LogP contribution in [0.4, 0.5) is 5.69 Å². The fourth-order valence-electron chi connectivity index (χ4n) is 4.35. The molecule has 9 nitrogen and oxygen atoms in total. The summed E-state index contributed by atoms with van der Waals surface area (Å²) in [6.45, 7) is 0.459. The number of nitrogens with zero attached hydrogens (tertiary/aromatic N) is 6. The molecule has 0 spiro atoms. The number of hydrogen-bond donors (Lipinski definition) is 0. The zero-order valence-corrected chi connectivity index (χ0v) is 18.2. The maximum absolute atomic E-state index is 13.2. The molecule has 0 N–H and O–H groups in total. The van der Waals surface area contributed by atoms with Crippen molar-refractivity contribution in [3.63, 3.8) is 0 Å². The molecule has 2 aromatic carbocycles. The molecule has 0 unspecified atom stereocenters. The zero-order valence-electron chi connectivity index (χ0n) is 18.2. The number of fused-ring (bicyclic) bond motifs is 2. The molecule has 3 aromatic heterocycles. The molecule has 1 aliphatic rings. The van der Waals surface area contributed by atoms with Gasteiger partial charge in [0.15, 0.2) is 5.65 Å². The largest absolute Gasteiger partial charge is 0.350 e. The van der Waals surface area contributed by atoms with Crippen LogP contribution in [0.15, 0.2) is 82.2 Å². The lowest BCUT2D eigenvalue weighted by Crippen LogP contribution is -2.39. The van der Waals surface area contributed by atoms with Crippen LogP contribution in [-0.4, -0.2) is 36.8 Å². The van der Waals surface area contributed by atoms with Gasteiger partial charge in [0.25, 0.3) is 5.89 Å². The van der Waals surface area contributed by atoms with Gasteiger partial charge in [-0.2, -0.15) is 4.98 Å². The van der Waals surface area contributed by atoms with Crippen LogP contribution in [0.1, 0.15) is 12.0 Å². The van der Waals surface area contributed by atoms with Crippen molar-refractivity contribution >= 4 is 17.2 Å². The number of hydrogen-bond acceptors (Lipinski definition) is 6. The Kier molecular flexibility index (Phi) is 4.80. The van der Waals surface area contributed by atoms with Gasteiger partial charge in [0.2, 0.25) is 11.7 Å². The van der Waals surface area contributed by atoms with Crippen LogP contribution in [0.2, 0.25) is 0 Å². The summed E-state index contributed by atoms with van der Waals surface area (Å²) in [4.78, 5) is 32.4. The van der Waals surface area contributed by atoms with E-state index in [1.54, 1.807) is 23.2 Å². The molecule has 0 fully saturated rings. The third kappa shape index (κ3) is 3.38. The molecule has 0 radical (unpaired) electrons. The molecule has 0 bridgehead atoms. The maximum Gasteiger partial charge on any atom is 0.350 e. The van der Waals surface area contributed by atoms with E-state index in [4.69, 9.17) is 4.52 Å². The summed E-state index contributed by atoms with van der Waals surface area (Å²) in [5.41, 5.74) is 3.32. The highest BCUT2D eigenvalue weighted by atomic mass is 16.5. The number of para-hydroxylation sites is 1. The minimum absolute atomic E-state index is 0.159. The molecule has 5 aromatic rings. The van der Waals surface area contributed by atoms with E-state index in [-0.39, 0.29) is 18.3 Å². The van der Waals surface area contributed by atoms with Crippen molar-refractivity contribution in [3.05, 3.63) is 89.0 Å². The van der Waals surface area contributed by atoms with Crippen LogP contribution < -0.4 is 10.6 Å². The van der Waals surface area contributed by atoms with Crippen LogP contribution in [-0.2, 0) is 17.8 Å². The number of aromatic nitrogens is 5. The second kappa shape index (κ2) is 8.11. The standard InChI is InChI=1S/C25H20N6O3/c32-21(29-14-6-11-17-8-4-5-13-20(17)29)16-31-25(33)30-15-7-12-19(23(30)27-31)24-26-22(28-34-24)18-9-2-1-3-10-18/h1-5,7-10,12-13,15H,6,11,14,16H2. The monoisotopic (exact) mass is 452 g/mol. The molecule has 0 saturated carbocycles. The van der Waals surface area contributed by atoms with Crippen molar-refractivity contribution < 1.29 is 9.32 Å². The summed E-state index contributed by atoms with van der Waals surface area (Å²) in [5, 5.41) is 8.51. The number of carbonyl (C=O) groups is 1. The van der Waals surface area contributed by atoms with E-state index in [0.29, 0.717) is 23.6 Å². The zero-order chi connectivity index (χ0) is 23.1. The summed E-state index contributed by atoms with van der Waals surface area (Å²) in [7, 11) is 0. The third-order valence-corrected chi connectivity index (χ3v) is 5.99. The van der Waals surface area contributed by atoms with E-state index in [9.17, 15) is 9.59 Å². The third-order valence-electron chi connectivity index (χ3n) is 5.99. The van der Waals surface area contributed by atoms with Gasteiger partial charge in [0.05, 0.1) is 5.56 Å². The number of benzene rings is 2. The number of pyridine rings is 1. The fourth-order valence-corrected chi connectivity index (χ4v) is 4.35. The van der Waals surface area contributed by atoms with Gasteiger partial charge in [0.1, 0.15) is 6.54 Å². The second-order valence-corrected chi connectivity index (χ2v) is 8.12. The van der Waals surface area contributed by atoms with Crippen LogP contribution in [0, 0.1) is 0 Å². The molecular formula is C25H20N6O3. The Bertz CT molecular complexity index is 1570. The van der Waals surface area contributed by atoms with Gasteiger partial charge >= 0.3 is 5.69 Å². The van der Waals surface area contributed by atoms with Gasteiger partial charge in [-0.3, -0.25) is 4.79 Å². The summed E-state index contributed by atoms with van der Waals surface area (Å²) in [6.07, 6.45) is 3.43. The molecule has 1 aliphatic heterocycles. The second-order valence-electron chi connectivity index (χ2n) is 8.12. The van der Waals surface area contributed by atoms with E-state index in [1.165, 1.54) is 9.08 Å². The molecule has 9 heteroatoms. The molecule has 0 atom stereocenters. The van der Waals surface area contributed by atoms with E-state index in [1.807, 2.05) is 54.6 Å². The summed E-state index contributed by atoms with van der Waals surface area (Å²) < 4.78 is 8.05. The van der Waals surface area contributed by atoms with Crippen molar-refractivity contribution in [2.45, 2.75) is 19.4 Å². The Morgan fingerprint density at radius 2 is 1.82 bits per heavy atom. The minimum Gasteiger partial charge on any atom is -0.333 e. The topological polar surface area (TPSA) is 98.5 Å². The van der Waals surface area contributed by atoms with E-state index in [0.717, 1.165) is 29.7 Å². The molecule has 0 saturated heterocycles. The first-order valence-corrected chi connectivity index (χ1v) is 11.0. The molecule has 34 heavy (non-hydrogen) atoms. The van der Waals surface area contributed by atoms with E-state index < -0.39 is 5.69 Å². The smallest absolute Gasteiger partial charge is 0.333 e. The summed E-state index contributed by atoms with van der Waals surface area (Å²) >= 11 is 0. The number of aryl methyl sites for hydroxylation is 1. The Morgan fingerprint density at radius 1 is 1.00 bits per heavy atom. The Morgan fingerprint density at radius 3 is 2.71 bits per heavy atom. The van der Waals surface area contributed by atoms with Gasteiger partial charge in [-0.1, -0.05) is 53.7 Å². The fraction of sp³-hybridized carbons (Fsp3) is 0.160. The molecular weight excluding hydrogens is 432 g/mol. The first-order chi connectivity index (χ1) is 16.7. The molecule has 4 heterocycles. The van der Waals surface area contributed by atoms with Crippen molar-refractivity contribution in [3.8, 4) is 22.8 Å². The van der Waals surface area contributed by atoms with Gasteiger partial charge in [-0.15, -0.1) is 5.10 Å². The Balaban J connectivity index is 1.34. The van der Waals surface area contributed by atoms with Crippen molar-refractivity contribution in [1.82, 2.24) is 24.3 Å². The first kappa shape index (κ1) is 20.1. The first-order valence-electron chi connectivity index (χ1n) is 11.0. The highest BCUT2D eigenvalue weighted by molar-refractivity contribution is 5.94. The molecule has 0 aliphatic carbocycles. The summed E-state index contributed by atoms with van der Waals surface area (Å²) in [6, 6.07) is 20.8. The molecule has 168 valence electrons. The normalized spacial score (nSPS) is 13.2. The van der Waals surface area contributed by atoms with Gasteiger partial charge < -0.3 is 9.42 Å². The minimum atomic E-state index is -0.404. The number of amides is 1.